The molecule has 0 unspecified atom stereocenters. The second-order valence-corrected chi connectivity index (χ2v) is 3.83. The molecule has 4 heteroatoms. The van der Waals surface area contributed by atoms with Crippen molar-refractivity contribution >= 4 is 5.95 Å². The van der Waals surface area contributed by atoms with Gasteiger partial charge in [0.15, 0.2) is 0 Å². The third kappa shape index (κ3) is 3.55. The molecule has 0 aliphatic carbocycles. The lowest BCUT2D eigenvalue weighted by molar-refractivity contribution is 0.336. The second-order valence-electron chi connectivity index (χ2n) is 3.83. The molecule has 15 heavy (non-hydrogen) atoms. The first-order valence-corrected chi connectivity index (χ1v) is 5.63. The van der Waals surface area contributed by atoms with E-state index < -0.39 is 0 Å². The molecule has 0 bridgehead atoms. The number of hydrogen-bond donors (Lipinski definition) is 1. The van der Waals surface area contributed by atoms with Crippen LogP contribution >= 0.6 is 0 Å². The van der Waals surface area contributed by atoms with Gasteiger partial charge in [-0.2, -0.15) is 0 Å². The van der Waals surface area contributed by atoms with Gasteiger partial charge in [0.05, 0.1) is 5.69 Å². The number of imidazole rings is 1. The van der Waals surface area contributed by atoms with E-state index in [1.54, 1.807) is 0 Å². The predicted molar refractivity (Wildman–Crippen MR) is 64.3 cm³/mol. The molecule has 86 valence electrons. The minimum Gasteiger partial charge on any atom is -0.356 e. The summed E-state index contributed by atoms with van der Waals surface area (Å²) in [6, 6.07) is 0. The first kappa shape index (κ1) is 12.0. The SMILES string of the molecule is CCNc1nc(C)cn1CCN(C)CC. The molecule has 4 nitrogen and oxygen atoms in total. The van der Waals surface area contributed by atoms with Gasteiger partial charge in [-0.05, 0) is 27.4 Å². The third-order valence-electron chi connectivity index (χ3n) is 2.49. The van der Waals surface area contributed by atoms with Gasteiger partial charge in [0.1, 0.15) is 0 Å². The zero-order chi connectivity index (χ0) is 11.3. The van der Waals surface area contributed by atoms with E-state index in [1.165, 1.54) is 0 Å². The van der Waals surface area contributed by atoms with Crippen LogP contribution in [0.3, 0.4) is 0 Å². The van der Waals surface area contributed by atoms with Crippen molar-refractivity contribution in [1.82, 2.24) is 14.5 Å². The highest BCUT2D eigenvalue weighted by atomic mass is 15.2. The van der Waals surface area contributed by atoms with Gasteiger partial charge in [0.2, 0.25) is 5.95 Å². The van der Waals surface area contributed by atoms with Gasteiger partial charge in [0.25, 0.3) is 0 Å². The van der Waals surface area contributed by atoms with Crippen LogP contribution in [-0.4, -0.2) is 41.1 Å². The molecule has 0 radical (unpaired) electrons. The van der Waals surface area contributed by atoms with Crippen LogP contribution in [0.15, 0.2) is 6.20 Å². The lowest BCUT2D eigenvalue weighted by atomic mass is 10.5. The minimum absolute atomic E-state index is 0.917. The van der Waals surface area contributed by atoms with Crippen LogP contribution < -0.4 is 5.32 Å². The molecule has 0 amide bonds. The number of hydrogen-bond acceptors (Lipinski definition) is 3. The van der Waals surface area contributed by atoms with Crippen molar-refractivity contribution in [2.45, 2.75) is 27.3 Å². The highest BCUT2D eigenvalue weighted by Gasteiger charge is 2.04. The Morgan fingerprint density at radius 2 is 2.20 bits per heavy atom. The summed E-state index contributed by atoms with van der Waals surface area (Å²) in [7, 11) is 2.14. The molecule has 0 saturated heterocycles. The van der Waals surface area contributed by atoms with Crippen LogP contribution in [0.25, 0.3) is 0 Å². The Labute approximate surface area is 92.3 Å². The Morgan fingerprint density at radius 3 is 2.80 bits per heavy atom. The van der Waals surface area contributed by atoms with Crippen molar-refractivity contribution in [2.75, 3.05) is 32.0 Å². The Bertz CT molecular complexity index is 293. The highest BCUT2D eigenvalue weighted by Crippen LogP contribution is 2.07. The average Bonchev–Trinajstić information content (AvgIpc) is 2.56. The van der Waals surface area contributed by atoms with Crippen LogP contribution in [0, 0.1) is 6.92 Å². The monoisotopic (exact) mass is 210 g/mol. The lowest BCUT2D eigenvalue weighted by Gasteiger charge is -2.15. The fourth-order valence-electron chi connectivity index (χ4n) is 1.45. The zero-order valence-electron chi connectivity index (χ0n) is 10.2. The van der Waals surface area contributed by atoms with Gasteiger partial charge in [0, 0.05) is 25.8 Å². The van der Waals surface area contributed by atoms with E-state index in [9.17, 15) is 0 Å². The maximum absolute atomic E-state index is 4.44. The average molecular weight is 210 g/mol. The smallest absolute Gasteiger partial charge is 0.203 e. The minimum atomic E-state index is 0.917. The Hall–Kier alpha value is -1.03. The number of aryl methyl sites for hydroxylation is 1. The van der Waals surface area contributed by atoms with E-state index in [2.05, 4.69) is 46.9 Å². The number of anilines is 1. The standard InChI is InChI=1S/C11H22N4/c1-5-12-11-13-10(3)9-15(11)8-7-14(4)6-2/h9H,5-8H2,1-4H3,(H,12,13). The van der Waals surface area contributed by atoms with Gasteiger partial charge >= 0.3 is 0 Å². The summed E-state index contributed by atoms with van der Waals surface area (Å²) in [6.45, 7) is 10.3. The van der Waals surface area contributed by atoms with Crippen LogP contribution in [0.4, 0.5) is 5.95 Å². The maximum Gasteiger partial charge on any atom is 0.203 e. The van der Waals surface area contributed by atoms with Crippen molar-refractivity contribution in [3.63, 3.8) is 0 Å². The van der Waals surface area contributed by atoms with Crippen molar-refractivity contribution < 1.29 is 0 Å². The first-order valence-electron chi connectivity index (χ1n) is 5.63. The van der Waals surface area contributed by atoms with Gasteiger partial charge < -0.3 is 14.8 Å². The largest absolute Gasteiger partial charge is 0.356 e. The Kier molecular flexibility index (Phi) is 4.62. The summed E-state index contributed by atoms with van der Waals surface area (Å²) < 4.78 is 2.19. The van der Waals surface area contributed by atoms with Crippen LogP contribution in [0.2, 0.25) is 0 Å². The van der Waals surface area contributed by atoms with E-state index in [0.717, 1.165) is 37.8 Å². The van der Waals surface area contributed by atoms with Crippen molar-refractivity contribution in [2.24, 2.45) is 0 Å². The molecule has 0 saturated carbocycles. The molecule has 0 atom stereocenters. The maximum atomic E-state index is 4.44. The fourth-order valence-corrected chi connectivity index (χ4v) is 1.45. The zero-order valence-corrected chi connectivity index (χ0v) is 10.2. The molecule has 0 fully saturated rings. The molecule has 0 aliphatic rings. The molecule has 1 aromatic rings. The number of nitrogens with one attached hydrogen (secondary N) is 1. The topological polar surface area (TPSA) is 33.1 Å². The van der Waals surface area contributed by atoms with E-state index >= 15 is 0 Å². The molecular weight excluding hydrogens is 188 g/mol. The van der Waals surface area contributed by atoms with Gasteiger partial charge in [-0.25, -0.2) is 4.98 Å². The molecule has 0 aliphatic heterocycles. The molecule has 0 aromatic carbocycles. The van der Waals surface area contributed by atoms with Crippen molar-refractivity contribution in [3.8, 4) is 0 Å². The second kappa shape index (κ2) is 5.75. The lowest BCUT2D eigenvalue weighted by Crippen LogP contribution is -2.23. The molecular formula is C11H22N4. The van der Waals surface area contributed by atoms with Gasteiger partial charge in [-0.3, -0.25) is 0 Å². The van der Waals surface area contributed by atoms with E-state index in [4.69, 9.17) is 0 Å². The van der Waals surface area contributed by atoms with Crippen LogP contribution in [0.5, 0.6) is 0 Å². The van der Waals surface area contributed by atoms with Gasteiger partial charge in [-0.1, -0.05) is 6.92 Å². The van der Waals surface area contributed by atoms with Crippen molar-refractivity contribution in [3.05, 3.63) is 11.9 Å². The highest BCUT2D eigenvalue weighted by molar-refractivity contribution is 5.28. The van der Waals surface area contributed by atoms with E-state index in [0.29, 0.717) is 0 Å². The Balaban J connectivity index is 2.58. The van der Waals surface area contributed by atoms with Crippen molar-refractivity contribution in [1.29, 1.82) is 0 Å². The summed E-state index contributed by atoms with van der Waals surface area (Å²) in [5, 5.41) is 3.27. The Morgan fingerprint density at radius 1 is 1.47 bits per heavy atom. The number of nitrogens with zero attached hydrogens (tertiary/aromatic N) is 3. The summed E-state index contributed by atoms with van der Waals surface area (Å²) >= 11 is 0. The first-order chi connectivity index (χ1) is 7.17. The summed E-state index contributed by atoms with van der Waals surface area (Å²) in [4.78, 5) is 6.73. The third-order valence-corrected chi connectivity index (χ3v) is 2.49. The van der Waals surface area contributed by atoms with Gasteiger partial charge in [-0.15, -0.1) is 0 Å². The predicted octanol–water partition coefficient (Wildman–Crippen LogP) is 1.58. The number of rotatable bonds is 6. The normalized spacial score (nSPS) is 11.0. The molecule has 1 N–H and O–H groups in total. The summed E-state index contributed by atoms with van der Waals surface area (Å²) in [5.74, 6) is 0.986. The van der Waals surface area contributed by atoms with E-state index in [1.807, 2.05) is 6.92 Å². The molecule has 1 heterocycles. The summed E-state index contributed by atoms with van der Waals surface area (Å²) in [6.07, 6.45) is 2.10. The molecule has 0 spiro atoms. The molecule has 1 aromatic heterocycles. The molecule has 1 rings (SSSR count). The fraction of sp³-hybridized carbons (Fsp3) is 0.727. The summed E-state index contributed by atoms with van der Waals surface area (Å²) in [5.41, 5.74) is 1.07. The quantitative estimate of drug-likeness (QED) is 0.774. The van der Waals surface area contributed by atoms with Crippen LogP contribution in [-0.2, 0) is 6.54 Å². The number of likely N-dealkylation sites (N-methyl/N-ethyl adjacent to an activating group) is 1. The van der Waals surface area contributed by atoms with E-state index in [-0.39, 0.29) is 0 Å². The number of aromatic nitrogens is 2. The van der Waals surface area contributed by atoms with Crippen LogP contribution in [0.1, 0.15) is 19.5 Å².